The first-order valence-corrected chi connectivity index (χ1v) is 8.90. The van der Waals surface area contributed by atoms with Crippen molar-refractivity contribution in [2.45, 2.75) is 58.1 Å². The van der Waals surface area contributed by atoms with E-state index < -0.39 is 0 Å². The predicted octanol–water partition coefficient (Wildman–Crippen LogP) is 3.11. The van der Waals surface area contributed by atoms with Crippen LogP contribution in [-0.4, -0.2) is 24.7 Å². The maximum Gasteiger partial charge on any atom is 0.193 e. The fourth-order valence-corrected chi connectivity index (χ4v) is 4.78. The van der Waals surface area contributed by atoms with Gasteiger partial charge in [0.05, 0.1) is 12.1 Å². The van der Waals surface area contributed by atoms with Gasteiger partial charge in [0.1, 0.15) is 0 Å². The van der Waals surface area contributed by atoms with Gasteiger partial charge in [-0.2, -0.15) is 0 Å². The van der Waals surface area contributed by atoms with E-state index in [4.69, 9.17) is 15.5 Å². The maximum atomic E-state index is 6.25. The number of anilines is 1. The van der Waals surface area contributed by atoms with E-state index in [2.05, 4.69) is 37.4 Å². The average molecular weight is 313 g/mol. The quantitative estimate of drug-likeness (QED) is 0.651. The number of benzene rings is 1. The average Bonchev–Trinajstić information content (AvgIpc) is 3.00. The first kappa shape index (κ1) is 15.0. The van der Waals surface area contributed by atoms with Crippen LogP contribution in [0.1, 0.15) is 44.2 Å². The summed E-state index contributed by atoms with van der Waals surface area (Å²) in [6.45, 7) is 5.35. The van der Waals surface area contributed by atoms with Gasteiger partial charge in [-0.25, -0.2) is 4.99 Å². The zero-order chi connectivity index (χ0) is 16.0. The third-order valence-corrected chi connectivity index (χ3v) is 5.98. The molecule has 1 aromatic rings. The molecule has 124 valence electrons. The monoisotopic (exact) mass is 313 g/mol. The molecule has 0 aromatic heterocycles. The van der Waals surface area contributed by atoms with E-state index in [1.807, 2.05) is 0 Å². The summed E-state index contributed by atoms with van der Waals surface area (Å²) >= 11 is 0. The van der Waals surface area contributed by atoms with Crippen molar-refractivity contribution in [3.05, 3.63) is 29.3 Å². The predicted molar refractivity (Wildman–Crippen MR) is 93.7 cm³/mol. The summed E-state index contributed by atoms with van der Waals surface area (Å²) in [6.07, 6.45) is 6.33. The molecule has 2 aliphatic carbocycles. The van der Waals surface area contributed by atoms with Crippen molar-refractivity contribution in [3.63, 3.8) is 0 Å². The second kappa shape index (κ2) is 5.52. The van der Waals surface area contributed by atoms with Gasteiger partial charge in [-0.15, -0.1) is 0 Å². The lowest BCUT2D eigenvalue weighted by molar-refractivity contribution is -0.0985. The smallest absolute Gasteiger partial charge is 0.193 e. The molecule has 0 amide bonds. The Balaban J connectivity index is 1.53. The number of hydrogen-bond donors (Lipinski definition) is 2. The number of guanidine groups is 1. The largest absolute Gasteiger partial charge is 0.377 e. The Labute approximate surface area is 138 Å². The SMILES string of the molecule is CC1(C)C(N=C(N)Nc2cccc3c2CCCC3)C2CCOC21. The van der Waals surface area contributed by atoms with E-state index >= 15 is 0 Å². The number of aliphatic imine (C=N–C) groups is 1. The Morgan fingerprint density at radius 2 is 2.13 bits per heavy atom. The van der Waals surface area contributed by atoms with Gasteiger partial charge in [-0.1, -0.05) is 26.0 Å². The molecule has 23 heavy (non-hydrogen) atoms. The minimum atomic E-state index is 0.0869. The minimum Gasteiger partial charge on any atom is -0.377 e. The van der Waals surface area contributed by atoms with Crippen molar-refractivity contribution in [3.8, 4) is 0 Å². The zero-order valence-electron chi connectivity index (χ0n) is 14.1. The van der Waals surface area contributed by atoms with Gasteiger partial charge in [0.15, 0.2) is 5.96 Å². The van der Waals surface area contributed by atoms with Gasteiger partial charge in [0, 0.05) is 23.6 Å². The molecule has 3 atom stereocenters. The fourth-order valence-electron chi connectivity index (χ4n) is 4.78. The molecule has 0 spiro atoms. The van der Waals surface area contributed by atoms with Gasteiger partial charge in [0.2, 0.25) is 0 Å². The Morgan fingerprint density at radius 3 is 3.00 bits per heavy atom. The molecule has 3 aliphatic rings. The lowest BCUT2D eigenvalue weighted by Gasteiger charge is -2.52. The second-order valence-corrected chi connectivity index (χ2v) is 7.80. The van der Waals surface area contributed by atoms with Crippen molar-refractivity contribution < 1.29 is 4.74 Å². The Morgan fingerprint density at radius 1 is 1.30 bits per heavy atom. The van der Waals surface area contributed by atoms with E-state index in [-0.39, 0.29) is 11.5 Å². The van der Waals surface area contributed by atoms with Crippen LogP contribution >= 0.6 is 0 Å². The second-order valence-electron chi connectivity index (χ2n) is 7.80. The Kier molecular flexibility index (Phi) is 3.60. The molecule has 4 heteroatoms. The Bertz CT molecular complexity index is 638. The molecule has 4 rings (SSSR count). The number of nitrogens with one attached hydrogen (secondary N) is 1. The van der Waals surface area contributed by atoms with Gasteiger partial charge < -0.3 is 15.8 Å². The number of ether oxygens (including phenoxy) is 1. The van der Waals surface area contributed by atoms with E-state index in [0.717, 1.165) is 25.1 Å². The minimum absolute atomic E-state index is 0.0869. The van der Waals surface area contributed by atoms with Gasteiger partial charge in [0.25, 0.3) is 0 Å². The van der Waals surface area contributed by atoms with Crippen molar-refractivity contribution in [1.82, 2.24) is 0 Å². The summed E-state index contributed by atoms with van der Waals surface area (Å²) in [7, 11) is 0. The van der Waals surface area contributed by atoms with Crippen LogP contribution in [0.2, 0.25) is 0 Å². The van der Waals surface area contributed by atoms with E-state index in [1.54, 1.807) is 0 Å². The molecule has 1 saturated carbocycles. The summed E-state index contributed by atoms with van der Waals surface area (Å²) in [5, 5.41) is 3.37. The van der Waals surface area contributed by atoms with Crippen LogP contribution in [-0.2, 0) is 17.6 Å². The fraction of sp³-hybridized carbons (Fsp3) is 0.632. The number of nitrogens with two attached hydrogens (primary N) is 1. The van der Waals surface area contributed by atoms with Gasteiger partial charge in [-0.05, 0) is 49.3 Å². The molecule has 0 radical (unpaired) electrons. The Hall–Kier alpha value is -1.55. The lowest BCUT2D eigenvalue weighted by atomic mass is 9.57. The van der Waals surface area contributed by atoms with Crippen LogP contribution in [0, 0.1) is 11.3 Å². The first-order valence-electron chi connectivity index (χ1n) is 8.90. The number of nitrogens with zero attached hydrogens (tertiary/aromatic N) is 1. The normalized spacial score (nSPS) is 31.9. The molecular formula is C19H27N3O. The molecule has 2 fully saturated rings. The van der Waals surface area contributed by atoms with Crippen LogP contribution in [0.5, 0.6) is 0 Å². The van der Waals surface area contributed by atoms with Gasteiger partial charge in [-0.3, -0.25) is 0 Å². The molecule has 0 bridgehead atoms. The third-order valence-electron chi connectivity index (χ3n) is 5.98. The molecular weight excluding hydrogens is 286 g/mol. The van der Waals surface area contributed by atoms with E-state index in [9.17, 15) is 0 Å². The first-order chi connectivity index (χ1) is 11.1. The summed E-state index contributed by atoms with van der Waals surface area (Å²) in [5.41, 5.74) is 10.4. The summed E-state index contributed by atoms with van der Waals surface area (Å²) < 4.78 is 5.84. The molecule has 1 heterocycles. The highest BCUT2D eigenvalue weighted by Gasteiger charge is 2.59. The lowest BCUT2D eigenvalue weighted by Crippen LogP contribution is -2.59. The molecule has 4 nitrogen and oxygen atoms in total. The summed E-state index contributed by atoms with van der Waals surface area (Å²) in [6, 6.07) is 6.75. The third kappa shape index (κ3) is 2.44. The highest BCUT2D eigenvalue weighted by molar-refractivity contribution is 5.93. The van der Waals surface area contributed by atoms with Crippen LogP contribution in [0.4, 0.5) is 5.69 Å². The molecule has 3 N–H and O–H groups in total. The van der Waals surface area contributed by atoms with Crippen molar-refractivity contribution in [2.75, 3.05) is 11.9 Å². The highest BCUT2D eigenvalue weighted by atomic mass is 16.5. The maximum absolute atomic E-state index is 6.25. The number of rotatable bonds is 2. The number of aryl methyl sites for hydroxylation is 1. The van der Waals surface area contributed by atoms with Gasteiger partial charge >= 0.3 is 0 Å². The van der Waals surface area contributed by atoms with E-state index in [1.165, 1.54) is 30.4 Å². The number of fused-ring (bicyclic) bond motifs is 2. The molecule has 1 aliphatic heterocycles. The van der Waals surface area contributed by atoms with E-state index in [0.29, 0.717) is 18.0 Å². The topological polar surface area (TPSA) is 59.6 Å². The van der Waals surface area contributed by atoms with Crippen molar-refractivity contribution in [2.24, 2.45) is 22.1 Å². The summed E-state index contributed by atoms with van der Waals surface area (Å²) in [5.74, 6) is 1.09. The molecule has 3 unspecified atom stereocenters. The zero-order valence-corrected chi connectivity index (χ0v) is 14.1. The molecule has 1 aromatic carbocycles. The van der Waals surface area contributed by atoms with Crippen LogP contribution in [0.25, 0.3) is 0 Å². The molecule has 1 saturated heterocycles. The number of hydrogen-bond acceptors (Lipinski definition) is 2. The standard InChI is InChI=1S/C19H27N3O/c1-19(2)16(14-10-11-23-17(14)19)22-18(20)21-15-9-5-7-12-6-3-4-8-13(12)15/h5,7,9,14,16-17H,3-4,6,8,10-11H2,1-2H3,(H3,20,21,22). The van der Waals surface area contributed by atoms with Crippen molar-refractivity contribution >= 4 is 11.6 Å². The van der Waals surface area contributed by atoms with Crippen molar-refractivity contribution in [1.29, 1.82) is 0 Å². The summed E-state index contributed by atoms with van der Waals surface area (Å²) in [4.78, 5) is 4.83. The van der Waals surface area contributed by atoms with Crippen LogP contribution in [0.15, 0.2) is 23.2 Å². The highest BCUT2D eigenvalue weighted by Crippen LogP contribution is 2.53. The van der Waals surface area contributed by atoms with Crippen LogP contribution in [0.3, 0.4) is 0 Å². The van der Waals surface area contributed by atoms with Crippen LogP contribution < -0.4 is 11.1 Å².